The first kappa shape index (κ1) is 51.8. The maximum atomic E-state index is 12.7. The molecule has 0 aromatic carbocycles. The third kappa shape index (κ3) is 37.5. The second-order valence-corrected chi connectivity index (χ2v) is 14.8. The van der Waals surface area contributed by atoms with Gasteiger partial charge < -0.3 is 25.6 Å². The van der Waals surface area contributed by atoms with Crippen LogP contribution in [0, 0.1) is 0 Å². The molecule has 0 fully saturated rings. The van der Waals surface area contributed by atoms with Crippen LogP contribution in [-0.4, -0.2) is 59.3 Å². The van der Waals surface area contributed by atoms with Gasteiger partial charge in [0.1, 0.15) is 12.1 Å². The van der Waals surface area contributed by atoms with Crippen molar-refractivity contribution in [3.8, 4) is 0 Å². The second-order valence-electron chi connectivity index (χ2n) is 14.8. The minimum absolute atomic E-state index is 0.102. The van der Waals surface area contributed by atoms with E-state index in [-0.39, 0.29) is 24.5 Å². The van der Waals surface area contributed by atoms with Crippen molar-refractivity contribution in [2.24, 2.45) is 0 Å². The SMILES string of the molecule is CCCCC/C=C\C/C=C\CCCCCCCCCC(=O)OC(/C=C\C/C=C\CCCCCC)CCCCCCCCC(=O)NCC(=O)NC(CO)C(=O)O. The lowest BCUT2D eigenvalue weighted by atomic mass is 10.1. The largest absolute Gasteiger partial charge is 0.480 e. The number of aliphatic hydroxyl groups excluding tert-OH is 1. The molecule has 0 saturated heterocycles. The number of amides is 2. The summed E-state index contributed by atoms with van der Waals surface area (Å²) in [6.45, 7) is 3.43. The van der Waals surface area contributed by atoms with E-state index in [2.05, 4.69) is 73.1 Å². The quantitative estimate of drug-likeness (QED) is 0.0277. The lowest BCUT2D eigenvalue weighted by Crippen LogP contribution is -2.47. The highest BCUT2D eigenvalue weighted by atomic mass is 16.5. The van der Waals surface area contributed by atoms with E-state index in [1.807, 2.05) is 0 Å². The fraction of sp³-hybridized carbons (Fsp3) is 0.739. The van der Waals surface area contributed by atoms with Crippen molar-refractivity contribution < 1.29 is 34.1 Å². The van der Waals surface area contributed by atoms with Gasteiger partial charge in [-0.2, -0.15) is 0 Å². The summed E-state index contributed by atoms with van der Waals surface area (Å²) in [4.78, 5) is 47.4. The van der Waals surface area contributed by atoms with Gasteiger partial charge in [0.05, 0.1) is 13.2 Å². The Kier molecular flexibility index (Phi) is 38.1. The maximum absolute atomic E-state index is 12.7. The Morgan fingerprint density at radius 1 is 0.564 bits per heavy atom. The molecule has 0 bridgehead atoms. The number of rotatable bonds is 39. The number of allylic oxidation sites excluding steroid dienone is 7. The zero-order valence-corrected chi connectivity index (χ0v) is 34.9. The molecule has 0 spiro atoms. The van der Waals surface area contributed by atoms with Gasteiger partial charge in [-0.15, -0.1) is 0 Å². The molecule has 2 atom stereocenters. The van der Waals surface area contributed by atoms with E-state index in [1.54, 1.807) is 0 Å². The first-order valence-corrected chi connectivity index (χ1v) is 22.0. The molecule has 4 N–H and O–H groups in total. The van der Waals surface area contributed by atoms with Crippen molar-refractivity contribution in [1.29, 1.82) is 0 Å². The molecule has 0 aliphatic heterocycles. The standard InChI is InChI=1S/C46H80N2O7/c1-3-5-7-9-11-13-14-15-16-17-18-19-20-22-24-30-34-38-45(52)55-41(35-31-27-23-21-12-10-8-6-4-2)36-32-28-25-26-29-33-37-43(50)47-39-44(51)48-42(40-49)46(53)54/h11,13,15-16,21,23,31,35,41-42,49H,3-10,12,14,17-20,22,24-30,32-34,36-40H2,1-2H3,(H,47,50)(H,48,51)(H,53,54)/b13-11-,16-15-,23-21-,35-31-. The predicted molar refractivity (Wildman–Crippen MR) is 227 cm³/mol. The van der Waals surface area contributed by atoms with Gasteiger partial charge >= 0.3 is 11.9 Å². The molecule has 0 radical (unpaired) electrons. The van der Waals surface area contributed by atoms with Crippen molar-refractivity contribution in [2.75, 3.05) is 13.2 Å². The van der Waals surface area contributed by atoms with E-state index in [0.29, 0.717) is 19.3 Å². The molecule has 9 nitrogen and oxygen atoms in total. The highest BCUT2D eigenvalue weighted by Crippen LogP contribution is 2.15. The van der Waals surface area contributed by atoms with Crippen molar-refractivity contribution in [3.05, 3.63) is 48.6 Å². The number of carbonyl (C=O) groups is 4. The lowest BCUT2D eigenvalue weighted by Gasteiger charge is -2.15. The number of aliphatic carboxylic acids is 1. The Morgan fingerprint density at radius 3 is 1.60 bits per heavy atom. The third-order valence-corrected chi connectivity index (χ3v) is 9.53. The molecule has 0 rings (SSSR count). The van der Waals surface area contributed by atoms with Crippen molar-refractivity contribution in [2.45, 2.75) is 206 Å². The summed E-state index contributed by atoms with van der Waals surface area (Å²) < 4.78 is 5.93. The Labute approximate surface area is 335 Å². The fourth-order valence-corrected chi connectivity index (χ4v) is 6.10. The van der Waals surface area contributed by atoms with Gasteiger partial charge in [-0.25, -0.2) is 4.79 Å². The lowest BCUT2D eigenvalue weighted by molar-refractivity contribution is -0.147. The monoisotopic (exact) mass is 773 g/mol. The number of carboxylic acids is 1. The van der Waals surface area contributed by atoms with E-state index in [0.717, 1.165) is 70.6 Å². The number of aliphatic hydroxyl groups is 1. The molecule has 9 heteroatoms. The molecule has 2 amide bonds. The topological polar surface area (TPSA) is 142 Å². The average Bonchev–Trinajstić information content (AvgIpc) is 3.17. The summed E-state index contributed by atoms with van der Waals surface area (Å²) in [6, 6.07) is -1.38. The zero-order valence-electron chi connectivity index (χ0n) is 34.9. The van der Waals surface area contributed by atoms with Gasteiger partial charge in [-0.05, 0) is 83.1 Å². The van der Waals surface area contributed by atoms with Crippen LogP contribution in [-0.2, 0) is 23.9 Å². The Hall–Kier alpha value is -3.20. The van der Waals surface area contributed by atoms with Crippen LogP contribution in [0.25, 0.3) is 0 Å². The Morgan fingerprint density at radius 2 is 1.04 bits per heavy atom. The molecule has 55 heavy (non-hydrogen) atoms. The number of ether oxygens (including phenoxy) is 1. The molecule has 2 unspecified atom stereocenters. The molecule has 0 heterocycles. The predicted octanol–water partition coefficient (Wildman–Crippen LogP) is 10.8. The molecular formula is C46H80N2O7. The fourth-order valence-electron chi connectivity index (χ4n) is 6.10. The zero-order chi connectivity index (χ0) is 40.5. The van der Waals surface area contributed by atoms with Crippen LogP contribution in [0.2, 0.25) is 0 Å². The summed E-state index contributed by atoms with van der Waals surface area (Å²) in [6.07, 6.45) is 47.3. The third-order valence-electron chi connectivity index (χ3n) is 9.53. The van der Waals surface area contributed by atoms with E-state index in [4.69, 9.17) is 14.9 Å². The second kappa shape index (κ2) is 40.5. The minimum Gasteiger partial charge on any atom is -0.480 e. The molecule has 0 saturated carbocycles. The summed E-state index contributed by atoms with van der Waals surface area (Å²) in [7, 11) is 0. The number of hydrogen-bond donors (Lipinski definition) is 4. The first-order chi connectivity index (χ1) is 26.8. The summed E-state index contributed by atoms with van der Waals surface area (Å²) in [5.41, 5.74) is 0. The summed E-state index contributed by atoms with van der Waals surface area (Å²) in [5.74, 6) is -2.36. The van der Waals surface area contributed by atoms with Crippen molar-refractivity contribution >= 4 is 23.8 Å². The minimum atomic E-state index is -1.38. The number of unbranched alkanes of at least 4 members (excludes halogenated alkanes) is 19. The van der Waals surface area contributed by atoms with Gasteiger partial charge in [0.2, 0.25) is 11.8 Å². The summed E-state index contributed by atoms with van der Waals surface area (Å²) in [5, 5.41) is 22.5. The molecule has 0 aromatic rings. The molecular weight excluding hydrogens is 693 g/mol. The maximum Gasteiger partial charge on any atom is 0.328 e. The van der Waals surface area contributed by atoms with E-state index < -0.39 is 24.5 Å². The number of carbonyl (C=O) groups excluding carboxylic acids is 3. The highest BCUT2D eigenvalue weighted by molar-refractivity contribution is 5.87. The number of hydrogen-bond acceptors (Lipinski definition) is 6. The highest BCUT2D eigenvalue weighted by Gasteiger charge is 2.18. The summed E-state index contributed by atoms with van der Waals surface area (Å²) >= 11 is 0. The number of nitrogens with one attached hydrogen (secondary N) is 2. The van der Waals surface area contributed by atoms with Crippen LogP contribution in [0.1, 0.15) is 194 Å². The normalized spacial score (nSPS) is 12.9. The van der Waals surface area contributed by atoms with Crippen molar-refractivity contribution in [1.82, 2.24) is 10.6 Å². The van der Waals surface area contributed by atoms with Crippen LogP contribution < -0.4 is 10.6 Å². The van der Waals surface area contributed by atoms with E-state index in [1.165, 1.54) is 89.9 Å². The van der Waals surface area contributed by atoms with Crippen LogP contribution in [0.3, 0.4) is 0 Å². The van der Waals surface area contributed by atoms with Gasteiger partial charge in [0.25, 0.3) is 0 Å². The van der Waals surface area contributed by atoms with Crippen LogP contribution in [0.15, 0.2) is 48.6 Å². The van der Waals surface area contributed by atoms with Gasteiger partial charge in [-0.1, -0.05) is 146 Å². The molecule has 316 valence electrons. The number of carboxylic acid groups (broad SMARTS) is 1. The number of esters is 1. The van der Waals surface area contributed by atoms with Crippen molar-refractivity contribution in [3.63, 3.8) is 0 Å². The Bertz CT molecular complexity index is 1070. The van der Waals surface area contributed by atoms with Gasteiger partial charge in [0.15, 0.2) is 0 Å². The molecule has 0 aromatic heterocycles. The van der Waals surface area contributed by atoms with Gasteiger partial charge in [-0.3, -0.25) is 14.4 Å². The van der Waals surface area contributed by atoms with Gasteiger partial charge in [0, 0.05) is 12.8 Å². The molecule has 0 aliphatic carbocycles. The van der Waals surface area contributed by atoms with Crippen LogP contribution >= 0.6 is 0 Å². The molecule has 0 aliphatic rings. The van der Waals surface area contributed by atoms with Crippen LogP contribution in [0.5, 0.6) is 0 Å². The van der Waals surface area contributed by atoms with E-state index >= 15 is 0 Å². The van der Waals surface area contributed by atoms with Crippen LogP contribution in [0.4, 0.5) is 0 Å². The average molecular weight is 773 g/mol. The Balaban J connectivity index is 4.29. The van der Waals surface area contributed by atoms with E-state index in [9.17, 15) is 19.2 Å². The smallest absolute Gasteiger partial charge is 0.328 e. The first-order valence-electron chi connectivity index (χ1n) is 22.0.